The van der Waals surface area contributed by atoms with Crippen LogP contribution in [0.15, 0.2) is 27.1 Å². The minimum absolute atomic E-state index is 0.524. The summed E-state index contributed by atoms with van der Waals surface area (Å²) in [6, 6.07) is 5.42. The molecule has 0 aromatic heterocycles. The van der Waals surface area contributed by atoms with Gasteiger partial charge in [-0.15, -0.1) is 0 Å². The fourth-order valence-corrected chi connectivity index (χ4v) is 2.98. The smallest absolute Gasteiger partial charge is 0.151 e. The van der Waals surface area contributed by atoms with Gasteiger partial charge in [-0.25, -0.2) is 0 Å². The molecule has 5 heteroatoms. The van der Waals surface area contributed by atoms with Crippen molar-refractivity contribution in [3.63, 3.8) is 0 Å². The van der Waals surface area contributed by atoms with Crippen molar-refractivity contribution in [2.45, 2.75) is 0 Å². The van der Waals surface area contributed by atoms with E-state index in [1.165, 1.54) is 0 Å². The van der Waals surface area contributed by atoms with Crippen LogP contribution in [0.25, 0.3) is 10.8 Å². The maximum Gasteiger partial charge on any atom is 0.151 e. The molecule has 0 N–H and O–H groups in total. The van der Waals surface area contributed by atoms with Gasteiger partial charge in [-0.3, -0.25) is 4.79 Å². The lowest BCUT2D eigenvalue weighted by Crippen LogP contribution is -1.94. The van der Waals surface area contributed by atoms with Crippen LogP contribution in [0.4, 0.5) is 0 Å². The highest BCUT2D eigenvalue weighted by Gasteiger charge is 2.16. The number of fused-ring (bicyclic) bond motifs is 1. The van der Waals surface area contributed by atoms with E-state index in [0.717, 1.165) is 21.5 Å². The Kier molecular flexibility index (Phi) is 3.92. The molecule has 0 radical (unpaired) electrons. The Hall–Kier alpha value is -1.07. The third kappa shape index (κ3) is 2.01. The van der Waals surface area contributed by atoms with Crippen molar-refractivity contribution < 1.29 is 14.3 Å². The number of carbonyl (C=O) groups excluding carboxylic acids is 1. The quantitative estimate of drug-likeness (QED) is 0.756. The molecule has 2 aromatic rings. The van der Waals surface area contributed by atoms with E-state index >= 15 is 0 Å². The van der Waals surface area contributed by atoms with E-state index in [9.17, 15) is 4.79 Å². The monoisotopic (exact) mass is 372 g/mol. The van der Waals surface area contributed by atoms with Gasteiger partial charge in [0, 0.05) is 25.3 Å². The first-order valence-corrected chi connectivity index (χ1v) is 6.70. The molecule has 2 aromatic carbocycles. The van der Waals surface area contributed by atoms with Gasteiger partial charge in [-0.1, -0.05) is 15.9 Å². The van der Waals surface area contributed by atoms with Crippen LogP contribution in [0.1, 0.15) is 10.4 Å². The van der Waals surface area contributed by atoms with Crippen LogP contribution < -0.4 is 9.47 Å². The van der Waals surface area contributed by atoms with Crippen LogP contribution in [0.2, 0.25) is 0 Å². The lowest BCUT2D eigenvalue weighted by molar-refractivity contribution is 0.112. The van der Waals surface area contributed by atoms with E-state index in [1.807, 2.05) is 12.1 Å². The zero-order chi connectivity index (χ0) is 13.3. The summed E-state index contributed by atoms with van der Waals surface area (Å²) in [6.45, 7) is 0. The maximum absolute atomic E-state index is 11.1. The van der Waals surface area contributed by atoms with Crippen LogP contribution in [0.5, 0.6) is 11.5 Å². The Morgan fingerprint density at radius 2 is 1.72 bits per heavy atom. The molecule has 0 heterocycles. The highest BCUT2D eigenvalue weighted by molar-refractivity contribution is 9.11. The van der Waals surface area contributed by atoms with E-state index in [2.05, 4.69) is 31.9 Å². The molecule has 0 unspecified atom stereocenters. The van der Waals surface area contributed by atoms with Gasteiger partial charge in [0.25, 0.3) is 0 Å². The van der Waals surface area contributed by atoms with Gasteiger partial charge in [0.1, 0.15) is 11.5 Å². The Bertz CT molecular complexity index is 623. The highest BCUT2D eigenvalue weighted by Crippen LogP contribution is 2.43. The van der Waals surface area contributed by atoms with Crippen molar-refractivity contribution >= 4 is 48.9 Å². The predicted molar refractivity (Wildman–Crippen MR) is 77.8 cm³/mol. The van der Waals surface area contributed by atoms with E-state index in [1.54, 1.807) is 20.3 Å². The van der Waals surface area contributed by atoms with Gasteiger partial charge < -0.3 is 9.47 Å². The third-order valence-electron chi connectivity index (χ3n) is 2.69. The summed E-state index contributed by atoms with van der Waals surface area (Å²) < 4.78 is 12.3. The fourth-order valence-electron chi connectivity index (χ4n) is 1.85. The van der Waals surface area contributed by atoms with Crippen LogP contribution in [0, 0.1) is 0 Å². The summed E-state index contributed by atoms with van der Waals surface area (Å²) in [7, 11) is 3.17. The number of hydrogen-bond donors (Lipinski definition) is 0. The van der Waals surface area contributed by atoms with E-state index < -0.39 is 0 Å². The topological polar surface area (TPSA) is 35.5 Å². The fraction of sp³-hybridized carbons (Fsp3) is 0.154. The number of benzene rings is 2. The molecule has 0 bridgehead atoms. The number of ether oxygens (including phenoxy) is 2. The summed E-state index contributed by atoms with van der Waals surface area (Å²) in [5.74, 6) is 1.31. The lowest BCUT2D eigenvalue weighted by Gasteiger charge is -2.14. The SMILES string of the molecule is COc1cc(C=O)c(Br)c2c(OC)ccc(Br)c12. The first kappa shape index (κ1) is 13.4. The molecule has 0 aliphatic heterocycles. The Labute approximate surface area is 121 Å². The molecule has 3 nitrogen and oxygen atoms in total. The number of carbonyl (C=O) groups is 1. The molecule has 0 fully saturated rings. The van der Waals surface area contributed by atoms with Crippen LogP contribution in [-0.2, 0) is 0 Å². The number of rotatable bonds is 3. The molecule has 0 amide bonds. The highest BCUT2D eigenvalue weighted by atomic mass is 79.9. The summed E-state index contributed by atoms with van der Waals surface area (Å²) in [6.07, 6.45) is 0.784. The van der Waals surface area contributed by atoms with Crippen molar-refractivity contribution in [3.05, 3.63) is 32.7 Å². The molecule has 0 spiro atoms. The number of methoxy groups -OCH3 is 2. The summed E-state index contributed by atoms with van der Waals surface area (Å²) in [5.41, 5.74) is 0.524. The molecular weight excluding hydrogens is 364 g/mol. The molecule has 0 saturated heterocycles. The Morgan fingerprint density at radius 1 is 1.06 bits per heavy atom. The zero-order valence-electron chi connectivity index (χ0n) is 9.79. The van der Waals surface area contributed by atoms with Crippen molar-refractivity contribution in [1.29, 1.82) is 0 Å². The molecular formula is C13H10Br2O3. The second-order valence-corrected chi connectivity index (χ2v) is 5.25. The minimum Gasteiger partial charge on any atom is -0.496 e. The van der Waals surface area contributed by atoms with Crippen molar-refractivity contribution in [2.24, 2.45) is 0 Å². The minimum atomic E-state index is 0.524. The predicted octanol–water partition coefficient (Wildman–Crippen LogP) is 4.19. The summed E-state index contributed by atoms with van der Waals surface area (Å²) >= 11 is 6.93. The van der Waals surface area contributed by atoms with Gasteiger partial charge in [0.15, 0.2) is 6.29 Å². The normalized spacial score (nSPS) is 10.4. The number of halogens is 2. The average molecular weight is 374 g/mol. The average Bonchev–Trinajstić information content (AvgIpc) is 2.40. The molecule has 94 valence electrons. The summed E-state index contributed by atoms with van der Waals surface area (Å²) in [5, 5.41) is 1.68. The second kappa shape index (κ2) is 5.28. The molecule has 0 saturated carbocycles. The largest absolute Gasteiger partial charge is 0.496 e. The molecule has 0 aliphatic carbocycles. The molecule has 18 heavy (non-hydrogen) atoms. The molecule has 0 aliphatic rings. The second-order valence-electron chi connectivity index (χ2n) is 3.60. The van der Waals surface area contributed by atoms with Crippen LogP contribution >= 0.6 is 31.9 Å². The number of aldehydes is 1. The van der Waals surface area contributed by atoms with Gasteiger partial charge in [-0.05, 0) is 34.1 Å². The van der Waals surface area contributed by atoms with Crippen molar-refractivity contribution in [2.75, 3.05) is 14.2 Å². The lowest BCUT2D eigenvalue weighted by atomic mass is 10.1. The van der Waals surface area contributed by atoms with Crippen LogP contribution in [0.3, 0.4) is 0 Å². The standard InChI is InChI=1S/C13H10Br2O3/c1-17-9-4-3-8(14)11-10(18-2)5-7(6-16)13(15)12(9)11/h3-6H,1-2H3. The third-order valence-corrected chi connectivity index (χ3v) is 4.20. The molecule has 0 atom stereocenters. The zero-order valence-corrected chi connectivity index (χ0v) is 13.0. The van der Waals surface area contributed by atoms with Gasteiger partial charge in [0.2, 0.25) is 0 Å². The summed E-state index contributed by atoms with van der Waals surface area (Å²) in [4.78, 5) is 11.1. The van der Waals surface area contributed by atoms with Gasteiger partial charge in [0.05, 0.1) is 14.2 Å². The maximum atomic E-state index is 11.1. The van der Waals surface area contributed by atoms with Gasteiger partial charge >= 0.3 is 0 Å². The van der Waals surface area contributed by atoms with Crippen molar-refractivity contribution in [3.8, 4) is 11.5 Å². The molecule has 2 rings (SSSR count). The Balaban J connectivity index is 3.02. The van der Waals surface area contributed by atoms with E-state index in [0.29, 0.717) is 21.5 Å². The first-order valence-electron chi connectivity index (χ1n) is 5.12. The van der Waals surface area contributed by atoms with E-state index in [-0.39, 0.29) is 0 Å². The number of hydrogen-bond acceptors (Lipinski definition) is 3. The first-order chi connectivity index (χ1) is 8.63. The van der Waals surface area contributed by atoms with Gasteiger partial charge in [-0.2, -0.15) is 0 Å². The van der Waals surface area contributed by atoms with Crippen LogP contribution in [-0.4, -0.2) is 20.5 Å². The Morgan fingerprint density at radius 3 is 2.28 bits per heavy atom. The van der Waals surface area contributed by atoms with E-state index in [4.69, 9.17) is 9.47 Å². The van der Waals surface area contributed by atoms with Crippen molar-refractivity contribution in [1.82, 2.24) is 0 Å².